The molecule has 0 aliphatic heterocycles. The van der Waals surface area contributed by atoms with E-state index in [1.165, 1.54) is 12.0 Å². The first-order valence-electron chi connectivity index (χ1n) is 5.39. The molecule has 0 saturated carbocycles. The van der Waals surface area contributed by atoms with E-state index in [9.17, 15) is 0 Å². The second-order valence-corrected chi connectivity index (χ2v) is 4.57. The van der Waals surface area contributed by atoms with Gasteiger partial charge in [0.05, 0.1) is 0 Å². The summed E-state index contributed by atoms with van der Waals surface area (Å²) in [6.45, 7) is 5.42. The fourth-order valence-corrected chi connectivity index (χ4v) is 1.72. The van der Waals surface area contributed by atoms with Gasteiger partial charge in [0.25, 0.3) is 0 Å². The van der Waals surface area contributed by atoms with Crippen molar-refractivity contribution in [2.45, 2.75) is 26.3 Å². The number of nitrogens with one attached hydrogen (secondary N) is 1. The molecule has 0 aliphatic carbocycles. The van der Waals surface area contributed by atoms with Crippen LogP contribution in [-0.4, -0.2) is 12.6 Å². The van der Waals surface area contributed by atoms with Crippen molar-refractivity contribution < 1.29 is 0 Å². The molecule has 0 fully saturated rings. The molecule has 0 aromatic heterocycles. The number of hydrogen-bond acceptors (Lipinski definition) is 1. The van der Waals surface area contributed by atoms with E-state index >= 15 is 0 Å². The van der Waals surface area contributed by atoms with Crippen molar-refractivity contribution in [3.8, 4) is 0 Å². The molecule has 1 aromatic carbocycles. The molecule has 2 heteroatoms. The Kier molecular flexibility index (Phi) is 5.66. The molecule has 0 aliphatic rings. The smallest absolute Gasteiger partial charge is 0.0224 e. The van der Waals surface area contributed by atoms with E-state index in [2.05, 4.69) is 59.4 Å². The molecule has 0 saturated heterocycles. The molecular weight excluding hydrogens is 250 g/mol. The van der Waals surface area contributed by atoms with Crippen molar-refractivity contribution in [3.63, 3.8) is 0 Å². The third kappa shape index (κ3) is 5.14. The second kappa shape index (κ2) is 6.81. The van der Waals surface area contributed by atoms with E-state index in [-0.39, 0.29) is 0 Å². The summed E-state index contributed by atoms with van der Waals surface area (Å²) in [4.78, 5) is 0. The first-order valence-corrected chi connectivity index (χ1v) is 6.19. The van der Waals surface area contributed by atoms with Gasteiger partial charge in [-0.15, -0.1) is 0 Å². The Morgan fingerprint density at radius 2 is 2.27 bits per heavy atom. The van der Waals surface area contributed by atoms with E-state index in [0.717, 1.165) is 11.0 Å². The van der Waals surface area contributed by atoms with Gasteiger partial charge in [-0.2, -0.15) is 0 Å². The molecule has 82 valence electrons. The number of halogens is 1. The Hall–Kier alpha value is -0.600. The van der Waals surface area contributed by atoms with Gasteiger partial charge in [0.2, 0.25) is 0 Å². The number of hydrogen-bond donors (Lipinski definition) is 1. The monoisotopic (exact) mass is 267 g/mol. The van der Waals surface area contributed by atoms with Gasteiger partial charge in [-0.05, 0) is 37.6 Å². The third-order valence-electron chi connectivity index (χ3n) is 2.14. The summed E-state index contributed by atoms with van der Waals surface area (Å²) in [5.74, 6) is 0. The standard InChI is InChI=1S/C13H18BrN/c1-3-9-15-11(2)7-8-12-5-4-6-13(14)10-12/h4-8,10-11,15H,3,9H2,1-2H3/b8-7+. The lowest BCUT2D eigenvalue weighted by atomic mass is 10.2. The average Bonchev–Trinajstić information content (AvgIpc) is 2.23. The van der Waals surface area contributed by atoms with Gasteiger partial charge >= 0.3 is 0 Å². The zero-order valence-electron chi connectivity index (χ0n) is 9.33. The maximum absolute atomic E-state index is 3.46. The highest BCUT2D eigenvalue weighted by atomic mass is 79.9. The summed E-state index contributed by atoms with van der Waals surface area (Å²) in [6.07, 6.45) is 5.52. The zero-order chi connectivity index (χ0) is 11.1. The van der Waals surface area contributed by atoms with Crippen LogP contribution in [0.25, 0.3) is 6.08 Å². The van der Waals surface area contributed by atoms with Crippen LogP contribution in [0.4, 0.5) is 0 Å². The van der Waals surface area contributed by atoms with Crippen LogP contribution in [0.15, 0.2) is 34.8 Å². The first kappa shape index (κ1) is 12.5. The lowest BCUT2D eigenvalue weighted by molar-refractivity contribution is 0.625. The van der Waals surface area contributed by atoms with Crippen LogP contribution in [0.2, 0.25) is 0 Å². The van der Waals surface area contributed by atoms with Gasteiger partial charge in [-0.3, -0.25) is 0 Å². The average molecular weight is 268 g/mol. The Morgan fingerprint density at radius 3 is 2.93 bits per heavy atom. The predicted octanol–water partition coefficient (Wildman–Crippen LogP) is 3.85. The Labute approximate surface area is 101 Å². The molecule has 0 bridgehead atoms. The van der Waals surface area contributed by atoms with Gasteiger partial charge < -0.3 is 5.32 Å². The molecule has 1 aromatic rings. The zero-order valence-corrected chi connectivity index (χ0v) is 10.9. The quantitative estimate of drug-likeness (QED) is 0.855. The van der Waals surface area contributed by atoms with E-state index < -0.39 is 0 Å². The molecule has 1 atom stereocenters. The topological polar surface area (TPSA) is 12.0 Å². The molecule has 15 heavy (non-hydrogen) atoms. The van der Waals surface area contributed by atoms with Crippen LogP contribution >= 0.6 is 15.9 Å². The van der Waals surface area contributed by atoms with Crippen LogP contribution in [-0.2, 0) is 0 Å². The highest BCUT2D eigenvalue weighted by Gasteiger charge is 1.94. The minimum Gasteiger partial charge on any atom is -0.311 e. The highest BCUT2D eigenvalue weighted by molar-refractivity contribution is 9.10. The van der Waals surface area contributed by atoms with E-state index in [0.29, 0.717) is 6.04 Å². The molecule has 1 unspecified atom stereocenters. The summed E-state index contributed by atoms with van der Waals surface area (Å²) in [7, 11) is 0. The molecular formula is C13H18BrN. The maximum Gasteiger partial charge on any atom is 0.0224 e. The number of benzene rings is 1. The maximum atomic E-state index is 3.46. The fraction of sp³-hybridized carbons (Fsp3) is 0.385. The van der Waals surface area contributed by atoms with Crippen molar-refractivity contribution >= 4 is 22.0 Å². The van der Waals surface area contributed by atoms with Gasteiger partial charge in [-0.1, -0.05) is 47.1 Å². The molecule has 1 rings (SSSR count). The van der Waals surface area contributed by atoms with Crippen molar-refractivity contribution in [1.82, 2.24) is 5.32 Å². The summed E-state index contributed by atoms with van der Waals surface area (Å²) >= 11 is 3.46. The largest absolute Gasteiger partial charge is 0.311 e. The summed E-state index contributed by atoms with van der Waals surface area (Å²) < 4.78 is 1.12. The van der Waals surface area contributed by atoms with Gasteiger partial charge in [0, 0.05) is 10.5 Å². The van der Waals surface area contributed by atoms with Gasteiger partial charge in [0.15, 0.2) is 0 Å². The summed E-state index contributed by atoms with van der Waals surface area (Å²) in [5, 5.41) is 3.42. The van der Waals surface area contributed by atoms with Crippen LogP contribution in [0.5, 0.6) is 0 Å². The van der Waals surface area contributed by atoms with E-state index in [4.69, 9.17) is 0 Å². The molecule has 0 radical (unpaired) electrons. The molecule has 0 spiro atoms. The van der Waals surface area contributed by atoms with E-state index in [1.807, 2.05) is 12.1 Å². The van der Waals surface area contributed by atoms with Crippen molar-refractivity contribution in [2.75, 3.05) is 6.54 Å². The Balaban J connectivity index is 2.49. The first-order chi connectivity index (χ1) is 7.22. The molecule has 1 N–H and O–H groups in total. The van der Waals surface area contributed by atoms with Crippen LogP contribution in [0, 0.1) is 0 Å². The Bertz CT molecular complexity index is 320. The predicted molar refractivity (Wildman–Crippen MR) is 70.9 cm³/mol. The minimum atomic E-state index is 0.434. The second-order valence-electron chi connectivity index (χ2n) is 3.66. The third-order valence-corrected chi connectivity index (χ3v) is 2.64. The molecule has 1 nitrogen and oxygen atoms in total. The minimum absolute atomic E-state index is 0.434. The summed E-state index contributed by atoms with van der Waals surface area (Å²) in [5.41, 5.74) is 1.23. The molecule has 0 heterocycles. The Morgan fingerprint density at radius 1 is 1.47 bits per heavy atom. The summed E-state index contributed by atoms with van der Waals surface area (Å²) in [6, 6.07) is 8.74. The highest BCUT2D eigenvalue weighted by Crippen LogP contribution is 2.12. The van der Waals surface area contributed by atoms with Crippen molar-refractivity contribution in [2.24, 2.45) is 0 Å². The van der Waals surface area contributed by atoms with E-state index in [1.54, 1.807) is 0 Å². The van der Waals surface area contributed by atoms with Crippen LogP contribution in [0.1, 0.15) is 25.8 Å². The normalized spacial score (nSPS) is 13.3. The fourth-order valence-electron chi connectivity index (χ4n) is 1.31. The van der Waals surface area contributed by atoms with Crippen LogP contribution < -0.4 is 5.32 Å². The van der Waals surface area contributed by atoms with Gasteiger partial charge in [0.1, 0.15) is 0 Å². The SMILES string of the molecule is CCCNC(C)/C=C/c1cccc(Br)c1. The van der Waals surface area contributed by atoms with Crippen molar-refractivity contribution in [3.05, 3.63) is 40.4 Å². The van der Waals surface area contributed by atoms with Gasteiger partial charge in [-0.25, -0.2) is 0 Å². The lowest BCUT2D eigenvalue weighted by Crippen LogP contribution is -2.24. The lowest BCUT2D eigenvalue weighted by Gasteiger charge is -2.07. The number of rotatable bonds is 5. The molecule has 0 amide bonds. The van der Waals surface area contributed by atoms with Crippen molar-refractivity contribution in [1.29, 1.82) is 0 Å². The van der Waals surface area contributed by atoms with Crippen LogP contribution in [0.3, 0.4) is 0 Å².